The van der Waals surface area contributed by atoms with Crippen molar-refractivity contribution in [3.63, 3.8) is 0 Å². The summed E-state index contributed by atoms with van der Waals surface area (Å²) in [7, 11) is 0. The first-order valence-corrected chi connectivity index (χ1v) is 26.9. The molecule has 13 aromatic carbocycles. The minimum absolute atomic E-state index is 1.15. The fraction of sp³-hybridized carbons (Fsp3) is 0.364. The highest BCUT2D eigenvalue weighted by Crippen LogP contribution is 2.60. The highest BCUT2D eigenvalue weighted by molar-refractivity contribution is 6.61. The molecular formula is C66H66. The van der Waals surface area contributed by atoms with E-state index in [9.17, 15) is 0 Å². The van der Waals surface area contributed by atoms with Crippen molar-refractivity contribution in [3.05, 3.63) is 108 Å². The van der Waals surface area contributed by atoms with Gasteiger partial charge in [-0.1, -0.05) is 226 Å². The zero-order valence-electron chi connectivity index (χ0n) is 39.8. The third-order valence-electron chi connectivity index (χ3n) is 17.0. The van der Waals surface area contributed by atoms with Crippen LogP contribution in [-0.4, -0.2) is 0 Å². The van der Waals surface area contributed by atoms with Gasteiger partial charge in [0.1, 0.15) is 0 Å². The zero-order chi connectivity index (χ0) is 43.9. The second kappa shape index (κ2) is 16.7. The monoisotopic (exact) mass is 859 g/mol. The van der Waals surface area contributed by atoms with Gasteiger partial charge >= 0.3 is 0 Å². The van der Waals surface area contributed by atoms with Gasteiger partial charge in [-0.15, -0.1) is 0 Å². The number of hydrogen-bond donors (Lipinski definition) is 0. The van der Waals surface area contributed by atoms with Crippen molar-refractivity contribution in [2.24, 2.45) is 0 Å². The van der Waals surface area contributed by atoms with Crippen LogP contribution in [0.15, 0.2) is 97.1 Å². The summed E-state index contributed by atoms with van der Waals surface area (Å²) in [6, 6.07) is 39.7. The quantitative estimate of drug-likeness (QED) is 0.0362. The Kier molecular flexibility index (Phi) is 10.3. The molecule has 0 fully saturated rings. The Labute approximate surface area is 390 Å². The zero-order valence-corrected chi connectivity index (χ0v) is 39.8. The number of rotatable bonds is 22. The predicted octanol–water partition coefficient (Wildman–Crippen LogP) is 21.1. The van der Waals surface area contributed by atoms with Crippen LogP contribution in [0.25, 0.3) is 129 Å². The van der Waals surface area contributed by atoms with E-state index < -0.39 is 0 Å². The summed E-state index contributed by atoms with van der Waals surface area (Å²) in [5, 5.41) is 35.3. The Morgan fingerprint density at radius 2 is 0.409 bits per heavy atom. The van der Waals surface area contributed by atoms with Gasteiger partial charge in [0.2, 0.25) is 0 Å². The molecule has 0 aromatic heterocycles. The highest BCUT2D eigenvalue weighted by atomic mass is 14.3. The molecule has 0 heterocycles. The molecule has 13 aromatic rings. The third kappa shape index (κ3) is 6.08. The van der Waals surface area contributed by atoms with Crippen molar-refractivity contribution in [1.82, 2.24) is 0 Å². The first-order chi connectivity index (χ1) is 32.8. The predicted molar refractivity (Wildman–Crippen MR) is 295 cm³/mol. The molecule has 0 saturated carbocycles. The maximum atomic E-state index is 2.65. The highest BCUT2D eigenvalue weighted by Gasteiger charge is 2.31. The van der Waals surface area contributed by atoms with Crippen LogP contribution in [0, 0.1) is 0 Å². The Bertz CT molecular complexity index is 3550. The Balaban J connectivity index is 1.02. The molecule has 0 bridgehead atoms. The molecule has 0 amide bonds. The standard InChI is InChI=1S/C66H66/c1-3-5-7-9-11-13-15-17-19-21-27-41-37-51-47-33-24-31-45-43-29-23-30-44-46-32-25-34-48-52-38-42(28-22-20-18-16-14-12-10-8-6-4-2)40-54-50-36-26-35-49-53(39-41)59(51)65-62(56(45)47)61(55(43)44)63(57(46)48)66(60(52)54)64(65)58(49)50/h23-26,29-40H,3-22,27-28H2,1-2H3. The normalized spacial score (nSPS) is 13.1. The van der Waals surface area contributed by atoms with Crippen LogP contribution in [0.3, 0.4) is 0 Å². The molecule has 13 rings (SSSR count). The van der Waals surface area contributed by atoms with Crippen molar-refractivity contribution in [1.29, 1.82) is 0 Å². The molecule has 0 heteroatoms. The molecule has 0 N–H and O–H groups in total. The maximum Gasteiger partial charge on any atom is -0.0000473 e. The van der Waals surface area contributed by atoms with Crippen LogP contribution in [0.1, 0.15) is 153 Å². The molecule has 330 valence electrons. The summed E-state index contributed by atoms with van der Waals surface area (Å²) < 4.78 is 0. The van der Waals surface area contributed by atoms with E-state index in [0.717, 1.165) is 12.8 Å². The molecule has 0 aliphatic rings. The molecule has 66 heavy (non-hydrogen) atoms. The SMILES string of the molecule is CCCCCCCCCCCCc1cc2c3cccc4c5cccc6c7cccc8c9cc(CCCCCCCCCCCC)cc%10c%11cccc%12c(c1)c2c1c(c43)c(c56)c(c78)c(c9%10)c1c%12%11. The van der Waals surface area contributed by atoms with E-state index in [4.69, 9.17) is 0 Å². The van der Waals surface area contributed by atoms with Gasteiger partial charge in [-0.25, -0.2) is 0 Å². The minimum atomic E-state index is 1.15. The Hall–Kier alpha value is -5.46. The molecular weight excluding hydrogens is 793 g/mol. The number of unbranched alkanes of at least 4 members (excludes halogenated alkanes) is 18. The van der Waals surface area contributed by atoms with E-state index in [0.29, 0.717) is 0 Å². The van der Waals surface area contributed by atoms with Crippen LogP contribution in [0.4, 0.5) is 0 Å². The summed E-state index contributed by atoms with van der Waals surface area (Å²) in [4.78, 5) is 0. The topological polar surface area (TPSA) is 0 Å². The molecule has 0 spiro atoms. The molecule has 0 atom stereocenters. The number of aryl methyl sites for hydroxylation is 2. The van der Waals surface area contributed by atoms with Gasteiger partial charge in [-0.3, -0.25) is 0 Å². The molecule has 0 radical (unpaired) electrons. The first kappa shape index (κ1) is 40.8. The van der Waals surface area contributed by atoms with Crippen molar-refractivity contribution < 1.29 is 0 Å². The Morgan fingerprint density at radius 3 is 0.652 bits per heavy atom. The van der Waals surface area contributed by atoms with Crippen molar-refractivity contribution in [3.8, 4) is 0 Å². The summed E-state index contributed by atoms with van der Waals surface area (Å²) in [6.07, 6.45) is 29.8. The molecule has 0 nitrogen and oxygen atoms in total. The lowest BCUT2D eigenvalue weighted by molar-refractivity contribution is 0.556. The summed E-state index contributed by atoms with van der Waals surface area (Å²) >= 11 is 0. The van der Waals surface area contributed by atoms with Crippen LogP contribution in [-0.2, 0) is 12.8 Å². The lowest BCUT2D eigenvalue weighted by atomic mass is 9.73. The van der Waals surface area contributed by atoms with Gasteiger partial charge in [0.25, 0.3) is 0 Å². The summed E-state index contributed by atoms with van der Waals surface area (Å²) in [5.41, 5.74) is 3.03. The lowest BCUT2D eigenvalue weighted by Crippen LogP contribution is -2.01. The number of fused-ring (bicyclic) bond motifs is 6. The van der Waals surface area contributed by atoms with Gasteiger partial charge in [-0.05, 0) is 166 Å². The van der Waals surface area contributed by atoms with E-state index in [-0.39, 0.29) is 0 Å². The minimum Gasteiger partial charge on any atom is -0.0654 e. The third-order valence-corrected chi connectivity index (χ3v) is 17.0. The van der Waals surface area contributed by atoms with E-state index in [2.05, 4.69) is 111 Å². The number of hydrogen-bond acceptors (Lipinski definition) is 0. The van der Waals surface area contributed by atoms with Crippen LogP contribution >= 0.6 is 0 Å². The van der Waals surface area contributed by atoms with Crippen LogP contribution in [0.5, 0.6) is 0 Å². The van der Waals surface area contributed by atoms with Gasteiger partial charge in [-0.2, -0.15) is 0 Å². The van der Waals surface area contributed by atoms with Crippen molar-refractivity contribution in [2.75, 3.05) is 0 Å². The molecule has 0 saturated heterocycles. The average molecular weight is 859 g/mol. The van der Waals surface area contributed by atoms with E-state index in [1.807, 2.05) is 0 Å². The first-order valence-electron chi connectivity index (χ1n) is 26.9. The lowest BCUT2D eigenvalue weighted by Gasteiger charge is -2.29. The summed E-state index contributed by atoms with van der Waals surface area (Å²) in [5.74, 6) is 0. The molecule has 0 unspecified atom stereocenters. The van der Waals surface area contributed by atoms with Crippen molar-refractivity contribution in [2.45, 2.75) is 155 Å². The van der Waals surface area contributed by atoms with Gasteiger partial charge in [0, 0.05) is 0 Å². The van der Waals surface area contributed by atoms with Gasteiger partial charge in [0.15, 0.2) is 0 Å². The van der Waals surface area contributed by atoms with E-state index in [1.54, 1.807) is 0 Å². The van der Waals surface area contributed by atoms with Gasteiger partial charge in [0.05, 0.1) is 0 Å². The van der Waals surface area contributed by atoms with E-state index in [1.165, 1.54) is 269 Å². The fourth-order valence-electron chi connectivity index (χ4n) is 14.0. The smallest absolute Gasteiger partial charge is 0.0000473 e. The van der Waals surface area contributed by atoms with Gasteiger partial charge < -0.3 is 0 Å². The summed E-state index contributed by atoms with van der Waals surface area (Å²) in [6.45, 7) is 4.63. The van der Waals surface area contributed by atoms with Crippen LogP contribution < -0.4 is 0 Å². The fourth-order valence-corrected chi connectivity index (χ4v) is 14.0. The molecule has 0 aliphatic heterocycles. The average Bonchev–Trinajstić information content (AvgIpc) is 3.35. The second-order valence-electron chi connectivity index (χ2n) is 21.2. The maximum absolute atomic E-state index is 2.65. The van der Waals surface area contributed by atoms with Crippen LogP contribution in [0.2, 0.25) is 0 Å². The second-order valence-corrected chi connectivity index (χ2v) is 21.2. The van der Waals surface area contributed by atoms with E-state index >= 15 is 0 Å². The Morgan fingerprint density at radius 1 is 0.212 bits per heavy atom. The molecule has 0 aliphatic carbocycles. The number of benzene rings is 13. The largest absolute Gasteiger partial charge is 0.0654 e. The van der Waals surface area contributed by atoms with Crippen molar-refractivity contribution >= 4 is 129 Å².